The Morgan fingerprint density at radius 2 is 2.07 bits per heavy atom. The normalized spacial score (nSPS) is 12.7. The first-order valence-corrected chi connectivity index (χ1v) is 10.3. The molecule has 0 spiro atoms. The zero-order valence-electron chi connectivity index (χ0n) is 18.1. The van der Waals surface area contributed by atoms with Gasteiger partial charge in [-0.2, -0.15) is 0 Å². The lowest BCUT2D eigenvalue weighted by Gasteiger charge is -2.21. The fraction of sp³-hybridized carbons (Fsp3) is 0.667. The number of carbonyl (C=O) groups excluding carboxylic acids is 1. The summed E-state index contributed by atoms with van der Waals surface area (Å²) < 4.78 is 5.77. The monoisotopic (exact) mass is 391 g/mol. The van der Waals surface area contributed by atoms with Gasteiger partial charge in [0, 0.05) is 51.6 Å². The maximum Gasteiger partial charge on any atom is 0.244 e. The third-order valence-corrected chi connectivity index (χ3v) is 4.42. The zero-order chi connectivity index (χ0) is 20.8. The molecule has 0 saturated carbocycles. The number of nitrogens with zero attached hydrogens (tertiary/aromatic N) is 3. The van der Waals surface area contributed by atoms with Gasteiger partial charge in [-0.05, 0) is 38.3 Å². The summed E-state index contributed by atoms with van der Waals surface area (Å²) in [6.45, 7) is 11.3. The molecule has 7 heteroatoms. The van der Waals surface area contributed by atoms with Crippen LogP contribution >= 0.6 is 0 Å². The number of guanidine groups is 1. The largest absolute Gasteiger partial charge is 0.378 e. The van der Waals surface area contributed by atoms with Gasteiger partial charge in [-0.3, -0.25) is 9.78 Å². The lowest BCUT2D eigenvalue weighted by atomic mass is 10.0. The highest BCUT2D eigenvalue weighted by Crippen LogP contribution is 2.09. The summed E-state index contributed by atoms with van der Waals surface area (Å²) in [4.78, 5) is 22.8. The van der Waals surface area contributed by atoms with Gasteiger partial charge in [0.05, 0.1) is 6.10 Å². The summed E-state index contributed by atoms with van der Waals surface area (Å²) in [5, 5.41) is 6.48. The molecule has 7 nitrogen and oxygen atoms in total. The molecule has 0 aromatic carbocycles. The zero-order valence-corrected chi connectivity index (χ0v) is 18.1. The number of rotatable bonds is 12. The smallest absolute Gasteiger partial charge is 0.244 e. The van der Waals surface area contributed by atoms with Crippen LogP contribution in [0.5, 0.6) is 0 Å². The van der Waals surface area contributed by atoms with Crippen LogP contribution in [0.3, 0.4) is 0 Å². The number of ether oxygens (including phenoxy) is 1. The number of carbonyl (C=O) groups is 1. The molecular weight excluding hydrogens is 354 g/mol. The maximum atomic E-state index is 12.4. The molecule has 1 aromatic rings. The van der Waals surface area contributed by atoms with Gasteiger partial charge in [0.1, 0.15) is 6.54 Å². The number of pyridine rings is 1. The molecule has 1 atom stereocenters. The molecule has 1 unspecified atom stereocenters. The van der Waals surface area contributed by atoms with Gasteiger partial charge in [-0.1, -0.05) is 19.9 Å². The average molecular weight is 392 g/mol. The Labute approximate surface area is 170 Å². The van der Waals surface area contributed by atoms with E-state index in [1.165, 1.54) is 0 Å². The molecule has 2 N–H and O–H groups in total. The van der Waals surface area contributed by atoms with E-state index >= 15 is 0 Å². The number of hydrogen-bond donors (Lipinski definition) is 2. The fourth-order valence-corrected chi connectivity index (χ4v) is 2.72. The third kappa shape index (κ3) is 9.69. The molecule has 0 saturated heterocycles. The maximum absolute atomic E-state index is 12.4. The molecule has 0 aliphatic carbocycles. The Kier molecular flexibility index (Phi) is 11.9. The van der Waals surface area contributed by atoms with E-state index < -0.39 is 0 Å². The standard InChI is InChI=1S/C21H37N5O2/c1-6-22-21(24-14-11-19(17(3)4)28-7-2)25-16-20(27)26(5)15-12-18-10-8-9-13-23-18/h8-10,13,17,19H,6-7,11-12,14-16H2,1-5H3,(H2,22,24,25). The molecule has 1 rings (SSSR count). The Balaban J connectivity index is 2.45. The number of hydrogen-bond acceptors (Lipinski definition) is 4. The van der Waals surface area contributed by atoms with Gasteiger partial charge in [0.25, 0.3) is 0 Å². The first kappa shape index (κ1) is 23.9. The van der Waals surface area contributed by atoms with Crippen molar-refractivity contribution in [2.75, 3.05) is 39.8 Å². The molecule has 0 fully saturated rings. The Morgan fingerprint density at radius 1 is 1.29 bits per heavy atom. The van der Waals surface area contributed by atoms with Crippen LogP contribution in [0.2, 0.25) is 0 Å². The number of nitrogens with one attached hydrogen (secondary N) is 2. The van der Waals surface area contributed by atoms with Crippen LogP contribution in [0.1, 0.15) is 39.8 Å². The van der Waals surface area contributed by atoms with E-state index in [9.17, 15) is 4.79 Å². The second kappa shape index (κ2) is 13.9. The van der Waals surface area contributed by atoms with Gasteiger partial charge in [0.15, 0.2) is 5.96 Å². The molecule has 0 aliphatic rings. The summed E-state index contributed by atoms with van der Waals surface area (Å²) in [6.07, 6.45) is 3.62. The van der Waals surface area contributed by atoms with Crippen LogP contribution in [0.4, 0.5) is 0 Å². The van der Waals surface area contributed by atoms with Gasteiger partial charge in [-0.15, -0.1) is 0 Å². The molecule has 1 amide bonds. The SMILES string of the molecule is CCNC(=NCC(=O)N(C)CCc1ccccn1)NCCC(OCC)C(C)C. The first-order valence-electron chi connectivity index (χ1n) is 10.3. The van der Waals surface area contributed by atoms with E-state index in [2.05, 4.69) is 34.5 Å². The molecule has 1 heterocycles. The van der Waals surface area contributed by atoms with Crippen molar-refractivity contribution >= 4 is 11.9 Å². The predicted molar refractivity (Wildman–Crippen MR) is 114 cm³/mol. The third-order valence-electron chi connectivity index (χ3n) is 4.42. The predicted octanol–water partition coefficient (Wildman–Crippen LogP) is 2.09. The van der Waals surface area contributed by atoms with Crippen LogP contribution < -0.4 is 10.6 Å². The lowest BCUT2D eigenvalue weighted by molar-refractivity contribution is -0.128. The second-order valence-corrected chi connectivity index (χ2v) is 7.03. The van der Waals surface area contributed by atoms with E-state index in [1.54, 1.807) is 18.1 Å². The second-order valence-electron chi connectivity index (χ2n) is 7.03. The van der Waals surface area contributed by atoms with E-state index in [4.69, 9.17) is 4.74 Å². The van der Waals surface area contributed by atoms with Crippen molar-refractivity contribution in [2.45, 2.75) is 46.6 Å². The van der Waals surface area contributed by atoms with Crippen LogP contribution in [0, 0.1) is 5.92 Å². The molecule has 0 radical (unpaired) electrons. The van der Waals surface area contributed by atoms with Crippen LogP contribution in [0.15, 0.2) is 29.4 Å². The van der Waals surface area contributed by atoms with Crippen molar-refractivity contribution < 1.29 is 9.53 Å². The Morgan fingerprint density at radius 3 is 2.68 bits per heavy atom. The molecule has 1 aromatic heterocycles. The van der Waals surface area contributed by atoms with Crippen molar-refractivity contribution in [1.29, 1.82) is 0 Å². The molecular formula is C21H37N5O2. The van der Waals surface area contributed by atoms with Gasteiger partial charge in [-0.25, -0.2) is 4.99 Å². The topological polar surface area (TPSA) is 78.9 Å². The fourth-order valence-electron chi connectivity index (χ4n) is 2.72. The molecule has 158 valence electrons. The van der Waals surface area contributed by atoms with Crippen molar-refractivity contribution in [3.05, 3.63) is 30.1 Å². The van der Waals surface area contributed by atoms with Crippen molar-refractivity contribution in [1.82, 2.24) is 20.5 Å². The molecule has 0 bridgehead atoms. The number of likely N-dealkylation sites (N-methyl/N-ethyl adjacent to an activating group) is 1. The number of amides is 1. The van der Waals surface area contributed by atoms with Crippen LogP contribution in [0.25, 0.3) is 0 Å². The summed E-state index contributed by atoms with van der Waals surface area (Å²) in [7, 11) is 1.80. The average Bonchev–Trinajstić information content (AvgIpc) is 2.69. The Hall–Kier alpha value is -2.15. The van der Waals surface area contributed by atoms with E-state index in [-0.39, 0.29) is 18.6 Å². The van der Waals surface area contributed by atoms with E-state index in [0.717, 1.165) is 38.2 Å². The minimum Gasteiger partial charge on any atom is -0.378 e. The molecule has 28 heavy (non-hydrogen) atoms. The highest BCUT2D eigenvalue weighted by Gasteiger charge is 2.13. The first-order chi connectivity index (χ1) is 13.5. The van der Waals surface area contributed by atoms with E-state index in [0.29, 0.717) is 18.4 Å². The number of aliphatic imine (C=N–C) groups is 1. The van der Waals surface area contributed by atoms with Gasteiger partial charge < -0.3 is 20.3 Å². The van der Waals surface area contributed by atoms with Crippen molar-refractivity contribution in [3.63, 3.8) is 0 Å². The Bertz CT molecular complexity index is 577. The summed E-state index contributed by atoms with van der Waals surface area (Å²) in [6, 6.07) is 5.81. The lowest BCUT2D eigenvalue weighted by Crippen LogP contribution is -2.40. The quantitative estimate of drug-likeness (QED) is 0.421. The van der Waals surface area contributed by atoms with Gasteiger partial charge >= 0.3 is 0 Å². The highest BCUT2D eigenvalue weighted by atomic mass is 16.5. The summed E-state index contributed by atoms with van der Waals surface area (Å²) in [5.74, 6) is 1.12. The van der Waals surface area contributed by atoms with Crippen LogP contribution in [-0.2, 0) is 16.0 Å². The highest BCUT2D eigenvalue weighted by molar-refractivity contribution is 5.84. The van der Waals surface area contributed by atoms with Crippen molar-refractivity contribution in [2.24, 2.45) is 10.9 Å². The van der Waals surface area contributed by atoms with Crippen molar-refractivity contribution in [3.8, 4) is 0 Å². The number of aromatic nitrogens is 1. The van der Waals surface area contributed by atoms with Gasteiger partial charge in [0.2, 0.25) is 5.91 Å². The molecule has 0 aliphatic heterocycles. The minimum absolute atomic E-state index is 0.0116. The van der Waals surface area contributed by atoms with Crippen LogP contribution in [-0.4, -0.2) is 67.7 Å². The van der Waals surface area contributed by atoms with E-state index in [1.807, 2.05) is 32.0 Å². The summed E-state index contributed by atoms with van der Waals surface area (Å²) >= 11 is 0. The summed E-state index contributed by atoms with van der Waals surface area (Å²) in [5.41, 5.74) is 0.981. The minimum atomic E-state index is -0.0116.